The molecule has 10 heteroatoms. The van der Waals surface area contributed by atoms with Gasteiger partial charge in [-0.05, 0) is 77.5 Å². The highest BCUT2D eigenvalue weighted by Gasteiger charge is 2.63. The molecule has 0 saturated heterocycles. The highest BCUT2D eigenvalue weighted by Crippen LogP contribution is 2.59. The van der Waals surface area contributed by atoms with Gasteiger partial charge in [-0.1, -0.05) is 113 Å². The summed E-state index contributed by atoms with van der Waals surface area (Å²) >= 11 is 25.4. The van der Waals surface area contributed by atoms with E-state index >= 15 is 0 Å². The van der Waals surface area contributed by atoms with Crippen LogP contribution in [0.1, 0.15) is 13.3 Å². The Morgan fingerprint density at radius 3 is 2.13 bits per heavy atom. The third-order valence-electron chi connectivity index (χ3n) is 4.04. The topological polar surface area (TPSA) is 27.7 Å². The maximum absolute atomic E-state index is 6.41. The molecule has 0 aliphatic carbocycles. The van der Waals surface area contributed by atoms with Gasteiger partial charge < -0.3 is 14.2 Å². The van der Waals surface area contributed by atoms with E-state index in [0.29, 0.717) is 19.0 Å². The minimum atomic E-state index is -1.37. The summed E-state index contributed by atoms with van der Waals surface area (Å²) in [5.41, 5.74) is 2.13. The summed E-state index contributed by atoms with van der Waals surface area (Å²) in [5.74, 6) is 0.623. The molecule has 2 unspecified atom stereocenters. The van der Waals surface area contributed by atoms with E-state index in [9.17, 15) is 0 Å². The van der Waals surface area contributed by atoms with Crippen molar-refractivity contribution in [2.75, 3.05) is 18.5 Å². The van der Waals surface area contributed by atoms with Gasteiger partial charge in [0.05, 0.1) is 6.61 Å². The molecular weight excluding hydrogens is 860 g/mol. The second-order valence-electron chi connectivity index (χ2n) is 6.53. The van der Waals surface area contributed by atoms with Gasteiger partial charge in [0, 0.05) is 16.8 Å². The van der Waals surface area contributed by atoms with Crippen molar-refractivity contribution in [2.45, 2.75) is 29.5 Å². The Balaban J connectivity index is 2.39. The summed E-state index contributed by atoms with van der Waals surface area (Å²) in [7, 11) is 0. The molecule has 2 aromatic rings. The zero-order chi connectivity index (χ0) is 23.1. The van der Waals surface area contributed by atoms with Crippen LogP contribution in [0.5, 0.6) is 5.75 Å². The van der Waals surface area contributed by atoms with Gasteiger partial charge in [-0.3, -0.25) is 0 Å². The second kappa shape index (κ2) is 13.0. The van der Waals surface area contributed by atoms with Crippen molar-refractivity contribution in [1.82, 2.24) is 0 Å². The lowest BCUT2D eigenvalue weighted by Crippen LogP contribution is -2.57. The number of benzene rings is 2. The Bertz CT molecular complexity index is 820. The minimum absolute atomic E-state index is 0.0797. The maximum Gasteiger partial charge on any atom is 0.298 e. The third-order valence-corrected chi connectivity index (χ3v) is 14.3. The molecule has 172 valence electrons. The van der Waals surface area contributed by atoms with Gasteiger partial charge in [0.1, 0.15) is 5.75 Å². The molecule has 0 bridgehead atoms. The standard InChI is InChI=1S/C21H21Br7O3/c1-2-11-29-20(26,27)19(24,25)21(28,30-14-17(23)13-22)31-18-10-6-9-16(12-18)15-7-4-3-5-8-15/h3-10,12,17H,2,11,13-14H2,1H3. The maximum atomic E-state index is 6.41. The molecule has 0 fully saturated rings. The first-order chi connectivity index (χ1) is 14.6. The molecule has 0 saturated carbocycles. The van der Waals surface area contributed by atoms with Crippen molar-refractivity contribution in [2.24, 2.45) is 0 Å². The van der Waals surface area contributed by atoms with Crippen molar-refractivity contribution in [1.29, 1.82) is 0 Å². The first-order valence-corrected chi connectivity index (χ1v) is 15.3. The van der Waals surface area contributed by atoms with E-state index in [1.807, 2.05) is 49.4 Å². The van der Waals surface area contributed by atoms with Gasteiger partial charge in [0.2, 0.25) is 6.65 Å². The first-order valence-electron chi connectivity index (χ1n) is 9.33. The Morgan fingerprint density at radius 1 is 0.871 bits per heavy atom. The molecule has 0 aliphatic heterocycles. The quantitative estimate of drug-likeness (QED) is 0.157. The number of hydrogen-bond donors (Lipinski definition) is 0. The zero-order valence-electron chi connectivity index (χ0n) is 16.5. The molecule has 0 N–H and O–H groups in total. The zero-order valence-corrected chi connectivity index (χ0v) is 27.6. The molecule has 31 heavy (non-hydrogen) atoms. The van der Waals surface area contributed by atoms with Gasteiger partial charge in [-0.2, -0.15) is 0 Å². The van der Waals surface area contributed by atoms with E-state index in [4.69, 9.17) is 14.2 Å². The van der Waals surface area contributed by atoms with Crippen LogP contribution < -0.4 is 4.74 Å². The monoisotopic (exact) mass is 874 g/mol. The highest BCUT2D eigenvalue weighted by molar-refractivity contribution is 9.30. The Labute approximate surface area is 242 Å². The first kappa shape index (κ1) is 28.8. The van der Waals surface area contributed by atoms with E-state index in [2.05, 4.69) is 124 Å². The van der Waals surface area contributed by atoms with E-state index in [0.717, 1.165) is 22.9 Å². The van der Waals surface area contributed by atoms with Crippen LogP contribution >= 0.6 is 112 Å². The van der Waals surface area contributed by atoms with E-state index in [-0.39, 0.29) is 4.83 Å². The van der Waals surface area contributed by atoms with Crippen LogP contribution in [-0.4, -0.2) is 34.7 Å². The SMILES string of the molecule is CCCOC(Br)(Br)C(Br)(Br)C(Br)(OCC(Br)CBr)Oc1cccc(-c2ccccc2)c1. The predicted octanol–water partition coefficient (Wildman–Crippen LogP) is 9.31. The molecule has 0 amide bonds. The van der Waals surface area contributed by atoms with Gasteiger partial charge in [0.25, 0.3) is 4.70 Å². The van der Waals surface area contributed by atoms with E-state index < -0.39 is 11.3 Å². The molecule has 0 radical (unpaired) electrons. The summed E-state index contributed by atoms with van der Waals surface area (Å²) < 4.78 is 15.1. The van der Waals surface area contributed by atoms with E-state index in [1.54, 1.807) is 0 Å². The fourth-order valence-corrected chi connectivity index (χ4v) is 5.36. The largest absolute Gasteiger partial charge is 0.450 e. The highest BCUT2D eigenvalue weighted by atomic mass is 79.9. The fraction of sp³-hybridized carbons (Fsp3) is 0.429. The van der Waals surface area contributed by atoms with Crippen LogP contribution in [0.3, 0.4) is 0 Å². The summed E-state index contributed by atoms with van der Waals surface area (Å²) in [6.45, 7) is 2.91. The van der Waals surface area contributed by atoms with Crippen LogP contribution in [0.2, 0.25) is 0 Å². The van der Waals surface area contributed by atoms with E-state index in [1.165, 1.54) is 0 Å². The second-order valence-corrected chi connectivity index (χ2v) is 16.3. The number of alkyl halides is 7. The van der Waals surface area contributed by atoms with Crippen molar-refractivity contribution in [3.8, 4) is 16.9 Å². The molecule has 3 nitrogen and oxygen atoms in total. The molecule has 2 atom stereocenters. The minimum Gasteiger partial charge on any atom is -0.450 e. The molecule has 0 aliphatic rings. The van der Waals surface area contributed by atoms with Gasteiger partial charge >= 0.3 is 0 Å². The van der Waals surface area contributed by atoms with Crippen LogP contribution in [0.4, 0.5) is 0 Å². The fourth-order valence-electron chi connectivity index (χ4n) is 2.44. The summed E-state index contributed by atoms with van der Waals surface area (Å²) in [6, 6.07) is 18.0. The predicted molar refractivity (Wildman–Crippen MR) is 154 cm³/mol. The van der Waals surface area contributed by atoms with Gasteiger partial charge in [-0.15, -0.1) is 0 Å². The number of halogens is 7. The molecule has 2 rings (SSSR count). The molecule has 0 heterocycles. The molecule has 2 aromatic carbocycles. The van der Waals surface area contributed by atoms with Crippen molar-refractivity contribution >= 4 is 112 Å². The Hall–Kier alpha value is 1.52. The van der Waals surface area contributed by atoms with Gasteiger partial charge in [-0.25, -0.2) is 0 Å². The lowest BCUT2D eigenvalue weighted by Gasteiger charge is -2.44. The number of rotatable bonds is 12. The summed E-state index contributed by atoms with van der Waals surface area (Å²) in [5, 5.41) is 0.719. The van der Waals surface area contributed by atoms with Crippen LogP contribution in [0.15, 0.2) is 54.6 Å². The van der Waals surface area contributed by atoms with Gasteiger partial charge in [0.15, 0.2) is 0 Å². The van der Waals surface area contributed by atoms with Crippen LogP contribution in [-0.2, 0) is 9.47 Å². The van der Waals surface area contributed by atoms with Crippen molar-refractivity contribution in [3.63, 3.8) is 0 Å². The smallest absolute Gasteiger partial charge is 0.298 e. The van der Waals surface area contributed by atoms with Crippen LogP contribution in [0, 0.1) is 0 Å². The lowest BCUT2D eigenvalue weighted by atomic mass is 10.1. The third kappa shape index (κ3) is 7.75. The van der Waals surface area contributed by atoms with Crippen molar-refractivity contribution in [3.05, 3.63) is 54.6 Å². The number of hydrogen-bond acceptors (Lipinski definition) is 3. The van der Waals surface area contributed by atoms with Crippen molar-refractivity contribution < 1.29 is 14.2 Å². The average molecular weight is 881 g/mol. The summed E-state index contributed by atoms with van der Waals surface area (Å²) in [6.07, 6.45) is 0.845. The molecule has 0 spiro atoms. The average Bonchev–Trinajstić information content (AvgIpc) is 2.76. The summed E-state index contributed by atoms with van der Waals surface area (Å²) in [4.78, 5) is 0.0797. The Kier molecular flexibility index (Phi) is 12.1. The van der Waals surface area contributed by atoms with Crippen LogP contribution in [0.25, 0.3) is 11.1 Å². The molecule has 0 aromatic heterocycles. The Morgan fingerprint density at radius 2 is 1.52 bits per heavy atom. The number of ether oxygens (including phenoxy) is 3. The lowest BCUT2D eigenvalue weighted by molar-refractivity contribution is -0.123. The normalized spacial score (nSPS) is 15.4. The molecular formula is C21H21Br7O3.